The first-order chi connectivity index (χ1) is 12.7. The molecule has 4 nitrogen and oxygen atoms in total. The highest BCUT2D eigenvalue weighted by atomic mass is 32.1. The lowest BCUT2D eigenvalue weighted by molar-refractivity contribution is -0.129. The highest BCUT2D eigenvalue weighted by Crippen LogP contribution is 2.20. The summed E-state index contributed by atoms with van der Waals surface area (Å²) in [5.74, 6) is -0.173. The molecule has 2 aromatic carbocycles. The number of aliphatic imine (C=N–C) groups is 1. The van der Waals surface area contributed by atoms with Gasteiger partial charge >= 0.3 is 5.97 Å². The second-order valence-corrected chi connectivity index (χ2v) is 6.06. The fourth-order valence-electron chi connectivity index (χ4n) is 2.67. The predicted octanol–water partition coefficient (Wildman–Crippen LogP) is 4.55. The molecule has 1 aliphatic rings. The molecule has 3 aromatic rings. The van der Waals surface area contributed by atoms with Gasteiger partial charge in [0.1, 0.15) is 4.64 Å². The highest BCUT2D eigenvalue weighted by molar-refractivity contribution is 7.71. The van der Waals surface area contributed by atoms with Crippen LogP contribution < -0.4 is 0 Å². The van der Waals surface area contributed by atoms with Gasteiger partial charge in [-0.3, -0.25) is 0 Å². The van der Waals surface area contributed by atoms with E-state index in [2.05, 4.69) is 4.99 Å². The van der Waals surface area contributed by atoms with Crippen molar-refractivity contribution in [1.29, 1.82) is 0 Å². The van der Waals surface area contributed by atoms with E-state index in [1.54, 1.807) is 6.08 Å². The van der Waals surface area contributed by atoms with E-state index in [0.717, 1.165) is 16.8 Å². The largest absolute Gasteiger partial charge is 0.402 e. The minimum absolute atomic E-state index is 0.237. The number of hydrogen-bond acceptors (Lipinski definition) is 4. The summed E-state index contributed by atoms with van der Waals surface area (Å²) in [5, 5.41) is 0. The highest BCUT2D eigenvalue weighted by Gasteiger charge is 2.24. The van der Waals surface area contributed by atoms with E-state index in [1.807, 2.05) is 83.6 Å². The maximum Gasteiger partial charge on any atom is 0.363 e. The summed E-state index contributed by atoms with van der Waals surface area (Å²) in [6.07, 6.45) is 3.56. The number of aromatic nitrogens is 1. The lowest BCUT2D eigenvalue weighted by Gasteiger charge is -2.08. The van der Waals surface area contributed by atoms with Gasteiger partial charge in [0, 0.05) is 23.0 Å². The molecule has 0 atom stereocenters. The van der Waals surface area contributed by atoms with Gasteiger partial charge in [-0.05, 0) is 36.4 Å². The number of nitrogens with zero attached hydrogens (tertiary/aromatic N) is 2. The molecular formula is C21H14N2O2S. The van der Waals surface area contributed by atoms with Crippen LogP contribution in [0.25, 0.3) is 11.8 Å². The van der Waals surface area contributed by atoms with Crippen LogP contribution >= 0.6 is 12.2 Å². The fourth-order valence-corrected chi connectivity index (χ4v) is 2.97. The summed E-state index contributed by atoms with van der Waals surface area (Å²) in [5.41, 5.74) is 2.69. The van der Waals surface area contributed by atoms with Gasteiger partial charge in [0.25, 0.3) is 0 Å². The van der Waals surface area contributed by atoms with Crippen molar-refractivity contribution in [1.82, 2.24) is 4.57 Å². The van der Waals surface area contributed by atoms with Crippen molar-refractivity contribution in [3.05, 3.63) is 100 Å². The van der Waals surface area contributed by atoms with Crippen LogP contribution in [0.2, 0.25) is 0 Å². The second kappa shape index (κ2) is 6.90. The maximum absolute atomic E-state index is 12.2. The molecule has 1 aromatic heterocycles. The Labute approximate surface area is 155 Å². The van der Waals surface area contributed by atoms with Crippen molar-refractivity contribution >= 4 is 30.2 Å². The summed E-state index contributed by atoms with van der Waals surface area (Å²) >= 11 is 5.59. The van der Waals surface area contributed by atoms with Crippen LogP contribution in [-0.2, 0) is 9.53 Å². The number of cyclic esters (lactones) is 1. The Balaban J connectivity index is 1.74. The smallest absolute Gasteiger partial charge is 0.363 e. The number of pyridine rings is 1. The molecule has 0 spiro atoms. The van der Waals surface area contributed by atoms with E-state index in [9.17, 15) is 4.79 Å². The van der Waals surface area contributed by atoms with Crippen LogP contribution in [0.1, 0.15) is 11.1 Å². The topological polar surface area (TPSA) is 43.6 Å². The van der Waals surface area contributed by atoms with Gasteiger partial charge in [0.15, 0.2) is 5.70 Å². The van der Waals surface area contributed by atoms with Crippen LogP contribution in [0.15, 0.2) is 89.7 Å². The van der Waals surface area contributed by atoms with Crippen molar-refractivity contribution in [3.63, 3.8) is 0 Å². The summed E-state index contributed by atoms with van der Waals surface area (Å²) in [7, 11) is 0. The van der Waals surface area contributed by atoms with Crippen LogP contribution in [0.3, 0.4) is 0 Å². The Morgan fingerprint density at radius 3 is 2.35 bits per heavy atom. The molecule has 0 amide bonds. The van der Waals surface area contributed by atoms with E-state index in [4.69, 9.17) is 17.0 Å². The third-order valence-corrected chi connectivity index (χ3v) is 4.38. The predicted molar refractivity (Wildman–Crippen MR) is 104 cm³/mol. The average Bonchev–Trinajstić information content (AvgIpc) is 3.05. The normalized spacial score (nSPS) is 15.0. The summed E-state index contributed by atoms with van der Waals surface area (Å²) < 4.78 is 7.78. The first-order valence-corrected chi connectivity index (χ1v) is 8.48. The van der Waals surface area contributed by atoms with E-state index in [0.29, 0.717) is 10.5 Å². The molecule has 0 N–H and O–H groups in total. The zero-order chi connectivity index (χ0) is 17.9. The molecule has 0 bridgehead atoms. The molecular weight excluding hydrogens is 344 g/mol. The van der Waals surface area contributed by atoms with Gasteiger partial charge in [0.05, 0.1) is 0 Å². The molecule has 126 valence electrons. The van der Waals surface area contributed by atoms with E-state index >= 15 is 0 Å². The number of carbonyl (C=O) groups is 1. The number of esters is 1. The number of hydrogen-bond donors (Lipinski definition) is 0. The lowest BCUT2D eigenvalue weighted by Crippen LogP contribution is -2.05. The number of benzene rings is 2. The SMILES string of the molecule is O=C1OC(c2ccccc2)=N/C1=C/c1cccn(-c2ccccc2)c1=S. The molecule has 4 rings (SSSR count). The first-order valence-electron chi connectivity index (χ1n) is 8.07. The van der Waals surface area contributed by atoms with Crippen molar-refractivity contribution in [2.45, 2.75) is 0 Å². The third-order valence-electron chi connectivity index (χ3n) is 3.94. The minimum atomic E-state index is -0.478. The lowest BCUT2D eigenvalue weighted by atomic mass is 10.2. The average molecular weight is 358 g/mol. The van der Waals surface area contributed by atoms with Crippen molar-refractivity contribution < 1.29 is 9.53 Å². The van der Waals surface area contributed by atoms with E-state index < -0.39 is 5.97 Å². The summed E-state index contributed by atoms with van der Waals surface area (Å²) in [6.45, 7) is 0. The molecule has 2 heterocycles. The Morgan fingerprint density at radius 2 is 1.62 bits per heavy atom. The zero-order valence-electron chi connectivity index (χ0n) is 13.7. The zero-order valence-corrected chi connectivity index (χ0v) is 14.5. The van der Waals surface area contributed by atoms with Crippen LogP contribution in [-0.4, -0.2) is 16.4 Å². The van der Waals surface area contributed by atoms with Crippen molar-refractivity contribution in [3.8, 4) is 5.69 Å². The number of para-hydroxylation sites is 1. The van der Waals surface area contributed by atoms with Crippen molar-refractivity contribution in [2.75, 3.05) is 0 Å². The Bertz CT molecular complexity index is 1080. The van der Waals surface area contributed by atoms with Crippen LogP contribution in [0.5, 0.6) is 0 Å². The van der Waals surface area contributed by atoms with Gasteiger partial charge in [0.2, 0.25) is 5.90 Å². The number of rotatable bonds is 3. The van der Waals surface area contributed by atoms with Gasteiger partial charge in [-0.25, -0.2) is 9.79 Å². The van der Waals surface area contributed by atoms with Crippen molar-refractivity contribution in [2.24, 2.45) is 4.99 Å². The van der Waals surface area contributed by atoms with Crippen LogP contribution in [0.4, 0.5) is 0 Å². The van der Waals surface area contributed by atoms with Gasteiger partial charge in [-0.15, -0.1) is 0 Å². The monoisotopic (exact) mass is 358 g/mol. The second-order valence-electron chi connectivity index (χ2n) is 5.68. The molecule has 0 saturated carbocycles. The first kappa shape index (κ1) is 16.2. The summed E-state index contributed by atoms with van der Waals surface area (Å²) in [6, 6.07) is 22.9. The number of carbonyl (C=O) groups excluding carboxylic acids is 1. The Hall–Kier alpha value is -3.31. The van der Waals surface area contributed by atoms with E-state index in [1.165, 1.54) is 0 Å². The van der Waals surface area contributed by atoms with Crippen LogP contribution in [0, 0.1) is 4.64 Å². The molecule has 0 saturated heterocycles. The molecule has 0 aliphatic carbocycles. The molecule has 0 fully saturated rings. The molecule has 0 radical (unpaired) electrons. The van der Waals surface area contributed by atoms with Gasteiger partial charge in [-0.2, -0.15) is 0 Å². The summed E-state index contributed by atoms with van der Waals surface area (Å²) in [4.78, 5) is 16.5. The third kappa shape index (κ3) is 3.12. The fraction of sp³-hybridized carbons (Fsp3) is 0. The minimum Gasteiger partial charge on any atom is -0.402 e. The van der Waals surface area contributed by atoms with Gasteiger partial charge < -0.3 is 9.30 Å². The molecule has 0 unspecified atom stereocenters. The van der Waals surface area contributed by atoms with Gasteiger partial charge in [-0.1, -0.05) is 54.7 Å². The molecule has 1 aliphatic heterocycles. The standard InChI is InChI=1S/C21H14N2O2S/c24-21-18(22-19(25-21)15-8-3-1-4-9-15)14-16-10-7-13-23(20(16)26)17-11-5-2-6-12-17/h1-14H/b18-14+. The Morgan fingerprint density at radius 1 is 0.923 bits per heavy atom. The maximum atomic E-state index is 12.2. The quantitative estimate of drug-likeness (QED) is 0.392. The number of ether oxygens (including phenoxy) is 1. The molecule has 26 heavy (non-hydrogen) atoms. The Kier molecular flexibility index (Phi) is 4.29. The molecule has 5 heteroatoms. The van der Waals surface area contributed by atoms with E-state index in [-0.39, 0.29) is 5.70 Å².